The quantitative estimate of drug-likeness (QED) is 0.629. The summed E-state index contributed by atoms with van der Waals surface area (Å²) in [6.07, 6.45) is -0.400. The molecule has 2 amide bonds. The number of carboxylic acid groups (broad SMARTS) is 1. The summed E-state index contributed by atoms with van der Waals surface area (Å²) in [5, 5.41) is 11.5. The molecule has 4 N–H and O–H groups in total. The van der Waals surface area contributed by atoms with Gasteiger partial charge in [0.2, 0.25) is 11.8 Å². The highest BCUT2D eigenvalue weighted by Crippen LogP contribution is 2.32. The molecule has 0 saturated carbocycles. The Kier molecular flexibility index (Phi) is 5.50. The Morgan fingerprint density at radius 2 is 1.85 bits per heavy atom. The standard InChI is InChI=1S/C13H22N2O5/c1-6-7(2)20-8(3)11(6)12(17)15-9(13(18)19)4-5-10(14)16/h6-9,11H,4-5H2,1-3H3,(H2,14,16)(H,15,17)(H,18,19)/t6?,7?,8?,9-,11?/m0/s1. The Morgan fingerprint density at radius 1 is 1.25 bits per heavy atom. The van der Waals surface area contributed by atoms with Gasteiger partial charge in [-0.2, -0.15) is 0 Å². The topological polar surface area (TPSA) is 119 Å². The van der Waals surface area contributed by atoms with Crippen LogP contribution in [0.25, 0.3) is 0 Å². The lowest BCUT2D eigenvalue weighted by molar-refractivity contribution is -0.143. The normalized spacial score (nSPS) is 30.8. The number of hydrogen-bond acceptors (Lipinski definition) is 4. The van der Waals surface area contributed by atoms with Crippen molar-refractivity contribution in [2.45, 2.75) is 51.9 Å². The number of aliphatic carboxylic acids is 1. The van der Waals surface area contributed by atoms with Gasteiger partial charge in [-0.05, 0) is 26.2 Å². The molecule has 7 heteroatoms. The van der Waals surface area contributed by atoms with Crippen LogP contribution in [-0.4, -0.2) is 41.1 Å². The average molecular weight is 286 g/mol. The largest absolute Gasteiger partial charge is 0.480 e. The van der Waals surface area contributed by atoms with E-state index in [2.05, 4.69) is 5.32 Å². The maximum Gasteiger partial charge on any atom is 0.326 e. The predicted octanol–water partition coefficient (Wildman–Crippen LogP) is -0.119. The number of nitrogens with one attached hydrogen (secondary N) is 1. The molecule has 1 rings (SSSR count). The zero-order valence-electron chi connectivity index (χ0n) is 12.0. The molecule has 1 aliphatic rings. The summed E-state index contributed by atoms with van der Waals surface area (Å²) in [6, 6.07) is -1.11. The number of amides is 2. The Hall–Kier alpha value is -1.63. The lowest BCUT2D eigenvalue weighted by atomic mass is 9.88. The number of ether oxygens (including phenoxy) is 1. The van der Waals surface area contributed by atoms with Gasteiger partial charge in [-0.25, -0.2) is 4.79 Å². The van der Waals surface area contributed by atoms with Crippen LogP contribution in [0.15, 0.2) is 0 Å². The molecule has 0 aromatic rings. The van der Waals surface area contributed by atoms with E-state index < -0.39 is 17.9 Å². The van der Waals surface area contributed by atoms with Gasteiger partial charge in [0.05, 0.1) is 18.1 Å². The van der Waals surface area contributed by atoms with Crippen LogP contribution in [0.5, 0.6) is 0 Å². The molecule has 1 saturated heterocycles. The number of hydrogen-bond donors (Lipinski definition) is 3. The van der Waals surface area contributed by atoms with E-state index in [4.69, 9.17) is 15.6 Å². The molecule has 0 aromatic carbocycles. The van der Waals surface area contributed by atoms with Crippen molar-refractivity contribution < 1.29 is 24.2 Å². The SMILES string of the molecule is CC1OC(C)C(C(=O)N[C@@H](CCC(N)=O)C(=O)O)C1C. The maximum absolute atomic E-state index is 12.2. The van der Waals surface area contributed by atoms with Gasteiger partial charge in [-0.1, -0.05) is 6.92 Å². The minimum Gasteiger partial charge on any atom is -0.480 e. The van der Waals surface area contributed by atoms with Crippen molar-refractivity contribution >= 4 is 17.8 Å². The lowest BCUT2D eigenvalue weighted by Crippen LogP contribution is -2.46. The molecule has 5 atom stereocenters. The fourth-order valence-corrected chi connectivity index (χ4v) is 2.53. The molecule has 0 radical (unpaired) electrons. The van der Waals surface area contributed by atoms with Gasteiger partial charge in [0.15, 0.2) is 0 Å². The molecular weight excluding hydrogens is 264 g/mol. The molecule has 0 spiro atoms. The zero-order chi connectivity index (χ0) is 15.4. The first kappa shape index (κ1) is 16.4. The summed E-state index contributed by atoms with van der Waals surface area (Å²) in [5.41, 5.74) is 4.99. The maximum atomic E-state index is 12.2. The Morgan fingerprint density at radius 3 is 2.25 bits per heavy atom. The summed E-state index contributed by atoms with van der Waals surface area (Å²) in [6.45, 7) is 5.58. The number of nitrogens with two attached hydrogens (primary N) is 1. The molecular formula is C13H22N2O5. The number of carbonyl (C=O) groups is 3. The van der Waals surface area contributed by atoms with Crippen LogP contribution in [0.4, 0.5) is 0 Å². The summed E-state index contributed by atoms with van der Waals surface area (Å²) in [7, 11) is 0. The summed E-state index contributed by atoms with van der Waals surface area (Å²) in [5.74, 6) is -2.50. The van der Waals surface area contributed by atoms with Crippen LogP contribution >= 0.6 is 0 Å². The van der Waals surface area contributed by atoms with Gasteiger partial charge < -0.3 is 20.9 Å². The second-order valence-electron chi connectivity index (χ2n) is 5.34. The molecule has 0 bridgehead atoms. The molecule has 7 nitrogen and oxygen atoms in total. The lowest BCUT2D eigenvalue weighted by Gasteiger charge is -2.21. The third-order valence-electron chi connectivity index (χ3n) is 3.84. The molecule has 4 unspecified atom stereocenters. The van der Waals surface area contributed by atoms with E-state index in [1.165, 1.54) is 0 Å². The molecule has 114 valence electrons. The van der Waals surface area contributed by atoms with Crippen molar-refractivity contribution in [2.75, 3.05) is 0 Å². The highest BCUT2D eigenvalue weighted by Gasteiger charge is 2.42. The third kappa shape index (κ3) is 3.93. The Bertz CT molecular complexity index is 398. The third-order valence-corrected chi connectivity index (χ3v) is 3.84. The van der Waals surface area contributed by atoms with Gasteiger partial charge in [0.25, 0.3) is 0 Å². The van der Waals surface area contributed by atoms with Crippen LogP contribution in [0, 0.1) is 11.8 Å². The first-order chi connectivity index (χ1) is 9.23. The monoisotopic (exact) mass is 286 g/mol. The number of rotatable bonds is 6. The summed E-state index contributed by atoms with van der Waals surface area (Å²) >= 11 is 0. The highest BCUT2D eigenvalue weighted by atomic mass is 16.5. The van der Waals surface area contributed by atoms with E-state index >= 15 is 0 Å². The van der Waals surface area contributed by atoms with Gasteiger partial charge in [0, 0.05) is 6.42 Å². The fourth-order valence-electron chi connectivity index (χ4n) is 2.53. The first-order valence-corrected chi connectivity index (χ1v) is 6.71. The Labute approximate surface area is 117 Å². The van der Waals surface area contributed by atoms with E-state index in [9.17, 15) is 14.4 Å². The van der Waals surface area contributed by atoms with Crippen molar-refractivity contribution in [3.05, 3.63) is 0 Å². The van der Waals surface area contributed by atoms with Crippen LogP contribution in [0.3, 0.4) is 0 Å². The molecule has 1 aliphatic heterocycles. The average Bonchev–Trinajstić information content (AvgIpc) is 2.58. The molecule has 1 fully saturated rings. The van der Waals surface area contributed by atoms with E-state index in [1.54, 1.807) is 6.92 Å². The van der Waals surface area contributed by atoms with Crippen LogP contribution < -0.4 is 11.1 Å². The van der Waals surface area contributed by atoms with Gasteiger partial charge in [0.1, 0.15) is 6.04 Å². The number of carboxylic acids is 1. The minimum atomic E-state index is -1.17. The zero-order valence-corrected chi connectivity index (χ0v) is 12.0. The van der Waals surface area contributed by atoms with Gasteiger partial charge in [-0.3, -0.25) is 9.59 Å². The smallest absolute Gasteiger partial charge is 0.326 e. The van der Waals surface area contributed by atoms with E-state index in [-0.39, 0.29) is 42.8 Å². The minimum absolute atomic E-state index is 0.00980. The van der Waals surface area contributed by atoms with Crippen LogP contribution in [0.1, 0.15) is 33.6 Å². The van der Waals surface area contributed by atoms with Crippen molar-refractivity contribution in [3.8, 4) is 0 Å². The second-order valence-corrected chi connectivity index (χ2v) is 5.34. The van der Waals surface area contributed by atoms with Crippen molar-refractivity contribution in [1.82, 2.24) is 5.32 Å². The summed E-state index contributed by atoms with van der Waals surface area (Å²) in [4.78, 5) is 34.0. The van der Waals surface area contributed by atoms with E-state index in [1.807, 2.05) is 13.8 Å². The summed E-state index contributed by atoms with van der Waals surface area (Å²) < 4.78 is 5.57. The van der Waals surface area contributed by atoms with Gasteiger partial charge >= 0.3 is 5.97 Å². The number of carbonyl (C=O) groups excluding carboxylic acids is 2. The predicted molar refractivity (Wildman–Crippen MR) is 70.7 cm³/mol. The Balaban J connectivity index is 2.66. The van der Waals surface area contributed by atoms with Crippen molar-refractivity contribution in [1.29, 1.82) is 0 Å². The molecule has 1 heterocycles. The fraction of sp³-hybridized carbons (Fsp3) is 0.769. The molecule has 20 heavy (non-hydrogen) atoms. The van der Waals surface area contributed by atoms with Crippen LogP contribution in [0.2, 0.25) is 0 Å². The molecule has 0 aromatic heterocycles. The first-order valence-electron chi connectivity index (χ1n) is 6.71. The molecule has 0 aliphatic carbocycles. The second kappa shape index (κ2) is 6.69. The number of primary amides is 1. The van der Waals surface area contributed by atoms with E-state index in [0.717, 1.165) is 0 Å². The van der Waals surface area contributed by atoms with Crippen LogP contribution in [-0.2, 0) is 19.1 Å². The van der Waals surface area contributed by atoms with Crippen molar-refractivity contribution in [2.24, 2.45) is 17.6 Å². The highest BCUT2D eigenvalue weighted by molar-refractivity contribution is 5.86. The van der Waals surface area contributed by atoms with E-state index in [0.29, 0.717) is 0 Å². The van der Waals surface area contributed by atoms with Gasteiger partial charge in [-0.15, -0.1) is 0 Å². The van der Waals surface area contributed by atoms with Crippen molar-refractivity contribution in [3.63, 3.8) is 0 Å².